The summed E-state index contributed by atoms with van der Waals surface area (Å²) in [6.07, 6.45) is 4.27. The molecule has 182 valence electrons. The maximum absolute atomic E-state index is 13.3. The third-order valence-electron chi connectivity index (χ3n) is 7.40. The van der Waals surface area contributed by atoms with Crippen molar-refractivity contribution >= 4 is 23.1 Å². The van der Waals surface area contributed by atoms with Gasteiger partial charge in [0.1, 0.15) is 5.75 Å². The van der Waals surface area contributed by atoms with Crippen LogP contribution in [0.5, 0.6) is 5.75 Å². The number of carbonyl (C=O) groups excluding carboxylic acids is 2. The van der Waals surface area contributed by atoms with Crippen LogP contribution in [0.25, 0.3) is 0 Å². The second kappa shape index (κ2) is 9.10. The second-order valence-corrected chi connectivity index (χ2v) is 10.1. The van der Waals surface area contributed by atoms with Gasteiger partial charge >= 0.3 is 6.61 Å². The van der Waals surface area contributed by atoms with Crippen molar-refractivity contribution in [3.8, 4) is 5.75 Å². The fourth-order valence-electron chi connectivity index (χ4n) is 5.04. The Morgan fingerprint density at radius 2 is 1.82 bits per heavy atom. The van der Waals surface area contributed by atoms with Crippen molar-refractivity contribution in [2.75, 3.05) is 12.0 Å². The number of methoxy groups -OCH3 is 1. The molecule has 2 aromatic rings. The number of anilines is 2. The van der Waals surface area contributed by atoms with Crippen LogP contribution in [0.1, 0.15) is 68.8 Å². The van der Waals surface area contributed by atoms with E-state index in [0.717, 1.165) is 31.2 Å². The highest BCUT2D eigenvalue weighted by Gasteiger charge is 2.45. The number of nitrogens with zero attached hydrogens (tertiary/aromatic N) is 1. The maximum atomic E-state index is 13.3. The zero-order valence-corrected chi connectivity index (χ0v) is 20.1. The molecule has 7 heteroatoms. The van der Waals surface area contributed by atoms with Crippen LogP contribution < -0.4 is 9.64 Å². The highest BCUT2D eigenvalue weighted by atomic mass is 19.3. The van der Waals surface area contributed by atoms with Crippen molar-refractivity contribution in [2.24, 2.45) is 5.92 Å². The van der Waals surface area contributed by atoms with E-state index in [0.29, 0.717) is 29.3 Å². The lowest BCUT2D eigenvalue weighted by molar-refractivity contribution is -0.121. The summed E-state index contributed by atoms with van der Waals surface area (Å²) < 4.78 is 35.5. The molecule has 1 amide bonds. The smallest absolute Gasteiger partial charge is 0.387 e. The van der Waals surface area contributed by atoms with Gasteiger partial charge in [-0.3, -0.25) is 14.5 Å². The van der Waals surface area contributed by atoms with Crippen LogP contribution in [0.15, 0.2) is 42.5 Å². The molecule has 0 saturated heterocycles. The van der Waals surface area contributed by atoms with Gasteiger partial charge in [-0.1, -0.05) is 6.07 Å². The summed E-state index contributed by atoms with van der Waals surface area (Å²) in [5, 5.41) is 0. The first-order chi connectivity index (χ1) is 16.0. The molecule has 0 aromatic heterocycles. The normalized spacial score (nSPS) is 23.8. The quantitative estimate of drug-likeness (QED) is 0.438. The summed E-state index contributed by atoms with van der Waals surface area (Å²) in [7, 11) is 1.74. The Hall–Kier alpha value is -2.80. The molecule has 4 rings (SSSR count). The SMILES string of the molecule is COC1(C)CCC(CC(=O)c2ccc3c(c2)C(C)(C)C(=O)N3c2cccc(OC(F)F)c2)CC1. The Morgan fingerprint density at radius 3 is 2.47 bits per heavy atom. The fraction of sp³-hybridized carbons (Fsp3) is 0.481. The summed E-state index contributed by atoms with van der Waals surface area (Å²) in [5.41, 5.74) is 1.47. The molecule has 2 aliphatic rings. The summed E-state index contributed by atoms with van der Waals surface area (Å²) >= 11 is 0. The van der Waals surface area contributed by atoms with Gasteiger partial charge in [-0.05, 0) is 88.3 Å². The molecule has 1 aliphatic heterocycles. The zero-order valence-electron chi connectivity index (χ0n) is 20.1. The molecule has 34 heavy (non-hydrogen) atoms. The standard InChI is InChI=1S/C27H31F2NO4/c1-26(2)21-15-18(23(31)14-17-10-12-27(3,33-4)13-11-17)8-9-22(21)30(24(26)32)19-6-5-7-20(16-19)34-25(28)29/h5-9,15-17,25H,10-14H2,1-4H3. The number of alkyl halides is 2. The van der Waals surface area contributed by atoms with E-state index < -0.39 is 12.0 Å². The Kier molecular flexibility index (Phi) is 6.51. The number of hydrogen-bond donors (Lipinski definition) is 0. The van der Waals surface area contributed by atoms with Crippen molar-refractivity contribution in [3.63, 3.8) is 0 Å². The number of halogens is 2. The molecule has 1 aliphatic carbocycles. The largest absolute Gasteiger partial charge is 0.435 e. The molecule has 1 heterocycles. The molecule has 1 fully saturated rings. The monoisotopic (exact) mass is 471 g/mol. The Bertz CT molecular complexity index is 1090. The van der Waals surface area contributed by atoms with Gasteiger partial charge in [0, 0.05) is 25.2 Å². The average molecular weight is 472 g/mol. The van der Waals surface area contributed by atoms with Crippen LogP contribution >= 0.6 is 0 Å². The van der Waals surface area contributed by atoms with Crippen LogP contribution in [0.3, 0.4) is 0 Å². The maximum Gasteiger partial charge on any atom is 0.387 e. The highest BCUT2D eigenvalue weighted by Crippen LogP contribution is 2.46. The topological polar surface area (TPSA) is 55.8 Å². The fourth-order valence-corrected chi connectivity index (χ4v) is 5.04. The molecule has 0 radical (unpaired) electrons. The molecule has 0 spiro atoms. The van der Waals surface area contributed by atoms with Gasteiger partial charge < -0.3 is 9.47 Å². The van der Waals surface area contributed by atoms with Gasteiger partial charge in [0.05, 0.1) is 22.4 Å². The van der Waals surface area contributed by atoms with Crippen LogP contribution in [-0.2, 0) is 14.9 Å². The van der Waals surface area contributed by atoms with Gasteiger partial charge in [-0.2, -0.15) is 8.78 Å². The van der Waals surface area contributed by atoms with Crippen LogP contribution in [0, 0.1) is 5.92 Å². The van der Waals surface area contributed by atoms with E-state index in [1.807, 2.05) is 19.9 Å². The van der Waals surface area contributed by atoms with Crippen LogP contribution in [-0.4, -0.2) is 31.0 Å². The lowest BCUT2D eigenvalue weighted by Gasteiger charge is -2.36. The minimum atomic E-state index is -2.95. The number of fused-ring (bicyclic) bond motifs is 1. The van der Waals surface area contributed by atoms with Gasteiger partial charge in [0.25, 0.3) is 0 Å². The summed E-state index contributed by atoms with van der Waals surface area (Å²) in [6.45, 7) is 2.80. The number of ether oxygens (including phenoxy) is 2. The third-order valence-corrected chi connectivity index (χ3v) is 7.40. The van der Waals surface area contributed by atoms with Gasteiger partial charge in [0.2, 0.25) is 5.91 Å². The lowest BCUT2D eigenvalue weighted by atomic mass is 9.77. The van der Waals surface area contributed by atoms with E-state index in [1.165, 1.54) is 17.0 Å². The molecule has 2 aromatic carbocycles. The molecule has 0 atom stereocenters. The first-order valence-corrected chi connectivity index (χ1v) is 11.7. The van der Waals surface area contributed by atoms with Crippen molar-refractivity contribution in [3.05, 3.63) is 53.6 Å². The Morgan fingerprint density at radius 1 is 1.12 bits per heavy atom. The average Bonchev–Trinajstić information content (AvgIpc) is 3.00. The number of hydrogen-bond acceptors (Lipinski definition) is 4. The summed E-state index contributed by atoms with van der Waals surface area (Å²) in [4.78, 5) is 28.0. The third kappa shape index (κ3) is 4.58. The van der Waals surface area contributed by atoms with Crippen LogP contribution in [0.2, 0.25) is 0 Å². The number of Topliss-reactive ketones (excluding diaryl/α,β-unsaturated/α-hetero) is 1. The first-order valence-electron chi connectivity index (χ1n) is 11.7. The van der Waals surface area contributed by atoms with E-state index in [9.17, 15) is 18.4 Å². The first kappa shape index (κ1) is 24.3. The van der Waals surface area contributed by atoms with Crippen molar-refractivity contribution < 1.29 is 27.8 Å². The number of ketones is 1. The van der Waals surface area contributed by atoms with E-state index in [-0.39, 0.29) is 23.0 Å². The number of rotatable bonds is 7. The van der Waals surface area contributed by atoms with Gasteiger partial charge in [-0.25, -0.2) is 0 Å². The van der Waals surface area contributed by atoms with Crippen molar-refractivity contribution in [1.29, 1.82) is 0 Å². The summed E-state index contributed by atoms with van der Waals surface area (Å²) in [5.74, 6) is 0.193. The number of carbonyl (C=O) groups is 2. The summed E-state index contributed by atoms with van der Waals surface area (Å²) in [6, 6.07) is 11.4. The lowest BCUT2D eigenvalue weighted by Crippen LogP contribution is -2.33. The van der Waals surface area contributed by atoms with E-state index in [2.05, 4.69) is 11.7 Å². The molecule has 0 bridgehead atoms. The Labute approximate surface area is 199 Å². The van der Waals surface area contributed by atoms with Crippen molar-refractivity contribution in [2.45, 2.75) is 70.5 Å². The Balaban J connectivity index is 1.57. The number of benzene rings is 2. The molecule has 1 saturated carbocycles. The molecular formula is C27H31F2NO4. The second-order valence-electron chi connectivity index (χ2n) is 10.1. The predicted octanol–water partition coefficient (Wildman–Crippen LogP) is 6.41. The van der Waals surface area contributed by atoms with Gasteiger partial charge in [-0.15, -0.1) is 0 Å². The molecule has 0 unspecified atom stereocenters. The zero-order chi connectivity index (χ0) is 24.7. The number of amides is 1. The minimum absolute atomic E-state index is 0.0181. The van der Waals surface area contributed by atoms with Crippen molar-refractivity contribution in [1.82, 2.24) is 0 Å². The highest BCUT2D eigenvalue weighted by molar-refractivity contribution is 6.13. The molecular weight excluding hydrogens is 440 g/mol. The molecule has 0 N–H and O–H groups in total. The predicted molar refractivity (Wildman–Crippen MR) is 126 cm³/mol. The molecule has 5 nitrogen and oxygen atoms in total. The van der Waals surface area contributed by atoms with E-state index in [4.69, 9.17) is 4.74 Å². The van der Waals surface area contributed by atoms with E-state index >= 15 is 0 Å². The minimum Gasteiger partial charge on any atom is -0.435 e. The van der Waals surface area contributed by atoms with E-state index in [1.54, 1.807) is 31.4 Å². The van der Waals surface area contributed by atoms with Crippen LogP contribution in [0.4, 0.5) is 20.2 Å². The van der Waals surface area contributed by atoms with Gasteiger partial charge in [0.15, 0.2) is 5.78 Å².